The van der Waals surface area contributed by atoms with Crippen LogP contribution in [0, 0.1) is 11.6 Å². The Morgan fingerprint density at radius 3 is 2.42 bits per heavy atom. The number of piperazine rings is 1. The molecule has 1 saturated heterocycles. The smallest absolute Gasteiger partial charge is 0.255 e. The number of nitrogens with zero attached hydrogens (tertiary/aromatic N) is 2. The Balaban J connectivity index is 1.45. The van der Waals surface area contributed by atoms with E-state index < -0.39 is 34.6 Å². The van der Waals surface area contributed by atoms with Gasteiger partial charge in [-0.2, -0.15) is 0 Å². The number of anilines is 2. The summed E-state index contributed by atoms with van der Waals surface area (Å²) >= 11 is 5.83. The number of hydrogen-bond acceptors (Lipinski definition) is 5. The molecule has 5 rings (SSSR count). The van der Waals surface area contributed by atoms with Crippen molar-refractivity contribution in [2.24, 2.45) is 0 Å². The number of nitrogens with one attached hydrogen (secondary N) is 2. The highest BCUT2D eigenvalue weighted by atomic mass is 35.5. The summed E-state index contributed by atoms with van der Waals surface area (Å²) in [5.74, 6) is -3.23. The van der Waals surface area contributed by atoms with E-state index in [2.05, 4.69) is 20.5 Å². The summed E-state index contributed by atoms with van der Waals surface area (Å²) in [6, 6.07) is 14.3. The maximum absolute atomic E-state index is 15.3. The van der Waals surface area contributed by atoms with Crippen LogP contribution in [0.4, 0.5) is 20.2 Å². The Kier molecular flexibility index (Phi) is 6.63. The lowest BCUT2D eigenvalue weighted by Gasteiger charge is -2.29. The molecule has 0 unspecified atom stereocenters. The van der Waals surface area contributed by atoms with Crippen LogP contribution in [-0.4, -0.2) is 42.9 Å². The molecule has 182 valence electrons. The second-order valence-electron chi connectivity index (χ2n) is 8.44. The molecule has 1 aromatic heterocycles. The van der Waals surface area contributed by atoms with Crippen molar-refractivity contribution in [1.29, 1.82) is 0 Å². The minimum atomic E-state index is -1.02. The van der Waals surface area contributed by atoms with Crippen molar-refractivity contribution in [3.05, 3.63) is 100 Å². The molecule has 0 radical (unpaired) electrons. The first-order valence-corrected chi connectivity index (χ1v) is 11.7. The highest BCUT2D eigenvalue weighted by Crippen LogP contribution is 2.26. The molecule has 0 aliphatic carbocycles. The van der Waals surface area contributed by atoms with Crippen molar-refractivity contribution in [1.82, 2.24) is 10.3 Å². The SMILES string of the molecule is O=C(Nc1cc(F)cc(C(=O)c2ccc3ncc(N4CCNCC4)cc3c2)c1F)c1ccc(Cl)cc1. The van der Waals surface area contributed by atoms with Gasteiger partial charge in [0.05, 0.1) is 28.7 Å². The molecule has 0 bridgehead atoms. The maximum atomic E-state index is 15.3. The van der Waals surface area contributed by atoms with Crippen molar-refractivity contribution in [3.8, 4) is 0 Å². The number of rotatable bonds is 5. The van der Waals surface area contributed by atoms with E-state index in [4.69, 9.17) is 11.6 Å². The first kappa shape index (κ1) is 23.8. The van der Waals surface area contributed by atoms with E-state index in [0.717, 1.165) is 44.0 Å². The van der Waals surface area contributed by atoms with Crippen LogP contribution in [0.2, 0.25) is 5.02 Å². The van der Waals surface area contributed by atoms with Gasteiger partial charge in [-0.3, -0.25) is 14.6 Å². The number of amides is 1. The average Bonchev–Trinajstić information content (AvgIpc) is 2.90. The quantitative estimate of drug-likeness (QED) is 0.370. The van der Waals surface area contributed by atoms with Crippen molar-refractivity contribution in [2.45, 2.75) is 0 Å². The van der Waals surface area contributed by atoms with E-state index in [-0.39, 0.29) is 11.1 Å². The molecule has 9 heteroatoms. The Hall–Kier alpha value is -3.88. The van der Waals surface area contributed by atoms with Gasteiger partial charge in [-0.1, -0.05) is 11.6 Å². The predicted octanol–water partition coefficient (Wildman–Crippen LogP) is 5.06. The molecular formula is C27H21ClF2N4O2. The van der Waals surface area contributed by atoms with Crippen molar-refractivity contribution in [3.63, 3.8) is 0 Å². The molecule has 0 saturated carbocycles. The molecule has 4 aromatic rings. The van der Waals surface area contributed by atoms with E-state index in [1.165, 1.54) is 30.3 Å². The van der Waals surface area contributed by atoms with Gasteiger partial charge in [-0.05, 0) is 54.6 Å². The van der Waals surface area contributed by atoms with Crippen LogP contribution in [-0.2, 0) is 0 Å². The van der Waals surface area contributed by atoms with Gasteiger partial charge in [0.1, 0.15) is 5.82 Å². The predicted molar refractivity (Wildman–Crippen MR) is 136 cm³/mol. The number of fused-ring (bicyclic) bond motifs is 1. The van der Waals surface area contributed by atoms with Crippen molar-refractivity contribution in [2.75, 3.05) is 36.4 Å². The van der Waals surface area contributed by atoms with Crippen LogP contribution in [0.15, 0.2) is 66.9 Å². The standard InChI is InChI=1S/C27H21ClF2N4O2/c28-19-4-1-16(2-5-19)27(36)33-24-14-20(29)13-22(25(24)30)26(35)17-3-6-23-18(11-17)12-21(15-32-23)34-9-7-31-8-10-34/h1-6,11-15,31H,7-10H2,(H,33,36). The molecule has 0 spiro atoms. The Morgan fingerprint density at radius 2 is 1.67 bits per heavy atom. The van der Waals surface area contributed by atoms with Gasteiger partial charge in [0.2, 0.25) is 0 Å². The lowest BCUT2D eigenvalue weighted by Crippen LogP contribution is -2.43. The minimum Gasteiger partial charge on any atom is -0.368 e. The summed E-state index contributed by atoms with van der Waals surface area (Å²) in [6.45, 7) is 3.41. The fraction of sp³-hybridized carbons (Fsp3) is 0.148. The third-order valence-electron chi connectivity index (χ3n) is 6.05. The van der Waals surface area contributed by atoms with Crippen molar-refractivity contribution < 1.29 is 18.4 Å². The van der Waals surface area contributed by atoms with Gasteiger partial charge in [0.25, 0.3) is 5.91 Å². The fourth-order valence-electron chi connectivity index (χ4n) is 4.15. The van der Waals surface area contributed by atoms with E-state index in [1.807, 2.05) is 6.07 Å². The number of pyridine rings is 1. The molecule has 1 aliphatic rings. The summed E-state index contributed by atoms with van der Waals surface area (Å²) in [5.41, 5.74) is 1.09. The van der Waals surface area contributed by atoms with Crippen molar-refractivity contribution >= 4 is 45.6 Å². The molecule has 0 atom stereocenters. The zero-order chi connectivity index (χ0) is 25.2. The molecule has 36 heavy (non-hydrogen) atoms. The average molecular weight is 507 g/mol. The van der Waals surface area contributed by atoms with Crippen LogP contribution in [0.1, 0.15) is 26.3 Å². The molecule has 2 N–H and O–H groups in total. The van der Waals surface area contributed by atoms with Gasteiger partial charge in [-0.15, -0.1) is 0 Å². The third-order valence-corrected chi connectivity index (χ3v) is 6.30. The molecule has 1 amide bonds. The monoisotopic (exact) mass is 506 g/mol. The summed E-state index contributed by atoms with van der Waals surface area (Å²) in [4.78, 5) is 32.4. The maximum Gasteiger partial charge on any atom is 0.255 e. The minimum absolute atomic E-state index is 0.182. The second kappa shape index (κ2) is 10.0. The second-order valence-corrected chi connectivity index (χ2v) is 8.88. The van der Waals surface area contributed by atoms with Crippen LogP contribution in [0.3, 0.4) is 0 Å². The first-order chi connectivity index (χ1) is 17.4. The van der Waals surface area contributed by atoms with Gasteiger partial charge in [0.15, 0.2) is 11.6 Å². The Bertz CT molecular complexity index is 1470. The molecule has 2 heterocycles. The lowest BCUT2D eigenvalue weighted by atomic mass is 10.00. The summed E-state index contributed by atoms with van der Waals surface area (Å²) in [7, 11) is 0. The number of benzene rings is 3. The van der Waals surface area contributed by atoms with Gasteiger partial charge in [0, 0.05) is 53.8 Å². The number of carbonyl (C=O) groups excluding carboxylic acids is 2. The zero-order valence-corrected chi connectivity index (χ0v) is 19.8. The number of halogens is 3. The molecule has 1 aliphatic heterocycles. The Labute approximate surface area is 210 Å². The largest absolute Gasteiger partial charge is 0.368 e. The van der Waals surface area contributed by atoms with Gasteiger partial charge < -0.3 is 15.5 Å². The van der Waals surface area contributed by atoms with Gasteiger partial charge >= 0.3 is 0 Å². The topological polar surface area (TPSA) is 74.3 Å². The molecule has 3 aromatic carbocycles. The highest BCUT2D eigenvalue weighted by Gasteiger charge is 2.21. The molecular weight excluding hydrogens is 486 g/mol. The summed E-state index contributed by atoms with van der Waals surface area (Å²) in [5, 5.41) is 6.78. The number of carbonyl (C=O) groups is 2. The van der Waals surface area contributed by atoms with Gasteiger partial charge in [-0.25, -0.2) is 8.78 Å². The summed E-state index contributed by atoms with van der Waals surface area (Å²) in [6.07, 6.45) is 1.79. The van der Waals surface area contributed by atoms with Crippen LogP contribution >= 0.6 is 11.6 Å². The van der Waals surface area contributed by atoms with E-state index in [0.29, 0.717) is 15.9 Å². The highest BCUT2D eigenvalue weighted by molar-refractivity contribution is 6.30. The van der Waals surface area contributed by atoms with Crippen LogP contribution in [0.5, 0.6) is 0 Å². The van der Waals surface area contributed by atoms with Crippen LogP contribution < -0.4 is 15.5 Å². The summed E-state index contributed by atoms with van der Waals surface area (Å²) < 4.78 is 29.7. The fourth-order valence-corrected chi connectivity index (χ4v) is 4.28. The van der Waals surface area contributed by atoms with Crippen LogP contribution in [0.25, 0.3) is 10.9 Å². The zero-order valence-electron chi connectivity index (χ0n) is 19.0. The van der Waals surface area contributed by atoms with E-state index in [1.54, 1.807) is 18.3 Å². The Morgan fingerprint density at radius 1 is 0.944 bits per heavy atom. The lowest BCUT2D eigenvalue weighted by molar-refractivity contribution is 0.101. The third kappa shape index (κ3) is 4.91. The van der Waals surface area contributed by atoms with E-state index in [9.17, 15) is 14.0 Å². The van der Waals surface area contributed by atoms with E-state index >= 15 is 4.39 Å². The molecule has 6 nitrogen and oxygen atoms in total. The number of aromatic nitrogens is 1. The number of hydrogen-bond donors (Lipinski definition) is 2. The first-order valence-electron chi connectivity index (χ1n) is 11.4. The number of ketones is 1. The molecule has 1 fully saturated rings. The normalized spacial score (nSPS) is 13.6.